The highest BCUT2D eigenvalue weighted by Crippen LogP contribution is 2.32. The standard InChI is InChI=1S/C16H19ClN4O2/c1-21-14(5-7-20-21)15-11(3-2-8-23-15)9-19-16(22)12-4-6-18-10-13(12)17/h4-7,10-11,15H,2-3,8-9H2,1H3,(H,19,22)/t11-,15+/m0/s1. The summed E-state index contributed by atoms with van der Waals surface area (Å²) < 4.78 is 7.75. The molecule has 6 nitrogen and oxygen atoms in total. The lowest BCUT2D eigenvalue weighted by Gasteiger charge is -2.32. The molecular weight excluding hydrogens is 316 g/mol. The molecule has 1 amide bonds. The fourth-order valence-electron chi connectivity index (χ4n) is 2.92. The molecule has 0 radical (unpaired) electrons. The van der Waals surface area contributed by atoms with Crippen molar-refractivity contribution in [3.63, 3.8) is 0 Å². The summed E-state index contributed by atoms with van der Waals surface area (Å²) in [6.45, 7) is 1.27. The third-order valence-corrected chi connectivity index (χ3v) is 4.44. The molecule has 0 saturated carbocycles. The Morgan fingerprint density at radius 1 is 1.48 bits per heavy atom. The Labute approximate surface area is 139 Å². The average Bonchev–Trinajstić information content (AvgIpc) is 2.99. The van der Waals surface area contributed by atoms with Gasteiger partial charge < -0.3 is 10.1 Å². The quantitative estimate of drug-likeness (QED) is 0.932. The second-order valence-electron chi connectivity index (χ2n) is 5.64. The van der Waals surface area contributed by atoms with Crippen LogP contribution in [0.5, 0.6) is 0 Å². The van der Waals surface area contributed by atoms with Crippen LogP contribution in [0.4, 0.5) is 0 Å². The zero-order valence-electron chi connectivity index (χ0n) is 12.9. The number of nitrogens with one attached hydrogen (secondary N) is 1. The summed E-state index contributed by atoms with van der Waals surface area (Å²) in [4.78, 5) is 16.2. The summed E-state index contributed by atoms with van der Waals surface area (Å²) in [6.07, 6.45) is 6.73. The van der Waals surface area contributed by atoms with Crippen LogP contribution in [-0.2, 0) is 11.8 Å². The van der Waals surface area contributed by atoms with Crippen LogP contribution in [0.15, 0.2) is 30.7 Å². The van der Waals surface area contributed by atoms with Gasteiger partial charge >= 0.3 is 0 Å². The van der Waals surface area contributed by atoms with Gasteiger partial charge in [0.15, 0.2) is 0 Å². The number of amides is 1. The Hall–Kier alpha value is -1.92. The van der Waals surface area contributed by atoms with Crippen molar-refractivity contribution in [2.45, 2.75) is 18.9 Å². The van der Waals surface area contributed by atoms with Crippen molar-refractivity contribution in [3.8, 4) is 0 Å². The molecule has 0 unspecified atom stereocenters. The fraction of sp³-hybridized carbons (Fsp3) is 0.438. The zero-order chi connectivity index (χ0) is 16.2. The van der Waals surface area contributed by atoms with Crippen LogP contribution in [0.3, 0.4) is 0 Å². The largest absolute Gasteiger partial charge is 0.372 e. The van der Waals surface area contributed by atoms with Crippen molar-refractivity contribution in [2.24, 2.45) is 13.0 Å². The number of aromatic nitrogens is 3. The minimum Gasteiger partial charge on any atom is -0.372 e. The molecule has 1 aliphatic rings. The molecule has 0 bridgehead atoms. The maximum Gasteiger partial charge on any atom is 0.252 e. The third-order valence-electron chi connectivity index (χ3n) is 4.14. The summed E-state index contributed by atoms with van der Waals surface area (Å²) in [7, 11) is 1.90. The topological polar surface area (TPSA) is 69.0 Å². The van der Waals surface area contributed by atoms with E-state index in [1.165, 1.54) is 6.20 Å². The highest BCUT2D eigenvalue weighted by atomic mass is 35.5. The van der Waals surface area contributed by atoms with E-state index in [0.717, 1.165) is 25.1 Å². The Balaban J connectivity index is 1.67. The zero-order valence-corrected chi connectivity index (χ0v) is 13.7. The minimum atomic E-state index is -0.188. The predicted octanol–water partition coefficient (Wildman–Crippen LogP) is 2.37. The fourth-order valence-corrected chi connectivity index (χ4v) is 3.13. The molecular formula is C16H19ClN4O2. The Bertz CT molecular complexity index is 688. The highest BCUT2D eigenvalue weighted by Gasteiger charge is 2.29. The lowest BCUT2D eigenvalue weighted by atomic mass is 9.92. The van der Waals surface area contributed by atoms with Gasteiger partial charge in [0.05, 0.1) is 16.3 Å². The van der Waals surface area contributed by atoms with Crippen molar-refractivity contribution in [2.75, 3.05) is 13.2 Å². The second-order valence-corrected chi connectivity index (χ2v) is 6.05. The van der Waals surface area contributed by atoms with Gasteiger partial charge in [0, 0.05) is 44.7 Å². The van der Waals surface area contributed by atoms with Gasteiger partial charge in [-0.15, -0.1) is 0 Å². The first-order valence-electron chi connectivity index (χ1n) is 7.64. The van der Waals surface area contributed by atoms with E-state index < -0.39 is 0 Å². The first-order valence-corrected chi connectivity index (χ1v) is 8.02. The molecule has 2 aromatic rings. The number of pyridine rings is 1. The monoisotopic (exact) mass is 334 g/mol. The lowest BCUT2D eigenvalue weighted by molar-refractivity contribution is -0.0317. The number of carbonyl (C=O) groups is 1. The number of ether oxygens (including phenoxy) is 1. The van der Waals surface area contributed by atoms with Gasteiger partial charge in [0.25, 0.3) is 5.91 Å². The van der Waals surface area contributed by atoms with Crippen LogP contribution in [0.2, 0.25) is 5.02 Å². The molecule has 3 heterocycles. The van der Waals surface area contributed by atoms with Crippen LogP contribution in [0.25, 0.3) is 0 Å². The number of hydrogen-bond donors (Lipinski definition) is 1. The van der Waals surface area contributed by atoms with E-state index in [4.69, 9.17) is 16.3 Å². The van der Waals surface area contributed by atoms with E-state index in [2.05, 4.69) is 15.4 Å². The van der Waals surface area contributed by atoms with Gasteiger partial charge in [-0.25, -0.2) is 0 Å². The summed E-state index contributed by atoms with van der Waals surface area (Å²) >= 11 is 6.01. The van der Waals surface area contributed by atoms with E-state index in [9.17, 15) is 4.79 Å². The SMILES string of the molecule is Cn1nccc1[C@@H]1OCCC[C@H]1CNC(=O)c1ccncc1Cl. The van der Waals surface area contributed by atoms with Crippen LogP contribution < -0.4 is 5.32 Å². The molecule has 23 heavy (non-hydrogen) atoms. The molecule has 0 aliphatic carbocycles. The van der Waals surface area contributed by atoms with Gasteiger partial charge in [-0.1, -0.05) is 11.6 Å². The minimum absolute atomic E-state index is 0.0514. The Kier molecular flexibility index (Phi) is 4.93. The molecule has 122 valence electrons. The van der Waals surface area contributed by atoms with Gasteiger partial charge in [0.1, 0.15) is 6.10 Å². The Morgan fingerprint density at radius 2 is 2.35 bits per heavy atom. The summed E-state index contributed by atoms with van der Waals surface area (Å²) in [6, 6.07) is 3.58. The maximum absolute atomic E-state index is 12.3. The number of aryl methyl sites for hydroxylation is 1. The number of halogens is 1. The van der Waals surface area contributed by atoms with Crippen molar-refractivity contribution in [3.05, 3.63) is 47.0 Å². The maximum atomic E-state index is 12.3. The molecule has 2 atom stereocenters. The van der Waals surface area contributed by atoms with Gasteiger partial charge in [-0.2, -0.15) is 5.10 Å². The number of carbonyl (C=O) groups excluding carboxylic acids is 1. The van der Waals surface area contributed by atoms with Crippen molar-refractivity contribution < 1.29 is 9.53 Å². The lowest BCUT2D eigenvalue weighted by Crippen LogP contribution is -2.35. The Morgan fingerprint density at radius 3 is 3.09 bits per heavy atom. The number of nitrogens with zero attached hydrogens (tertiary/aromatic N) is 3. The van der Waals surface area contributed by atoms with E-state index in [0.29, 0.717) is 17.1 Å². The van der Waals surface area contributed by atoms with Crippen molar-refractivity contribution in [1.29, 1.82) is 0 Å². The summed E-state index contributed by atoms with van der Waals surface area (Å²) in [5, 5.41) is 7.52. The van der Waals surface area contributed by atoms with Crippen LogP contribution >= 0.6 is 11.6 Å². The first-order chi connectivity index (χ1) is 11.2. The number of rotatable bonds is 4. The van der Waals surface area contributed by atoms with Crippen LogP contribution in [-0.4, -0.2) is 33.8 Å². The van der Waals surface area contributed by atoms with Gasteiger partial charge in [-0.3, -0.25) is 14.5 Å². The normalized spacial score (nSPS) is 21.1. The van der Waals surface area contributed by atoms with Gasteiger partial charge in [-0.05, 0) is 25.0 Å². The highest BCUT2D eigenvalue weighted by molar-refractivity contribution is 6.33. The average molecular weight is 335 g/mol. The molecule has 1 saturated heterocycles. The third kappa shape index (κ3) is 3.54. The van der Waals surface area contributed by atoms with E-state index in [1.54, 1.807) is 18.5 Å². The first kappa shape index (κ1) is 16.0. The molecule has 0 spiro atoms. The van der Waals surface area contributed by atoms with Crippen molar-refractivity contribution >= 4 is 17.5 Å². The molecule has 1 aliphatic heterocycles. The number of hydrogen-bond acceptors (Lipinski definition) is 4. The molecule has 1 fully saturated rings. The molecule has 7 heteroatoms. The molecule has 2 aromatic heterocycles. The summed E-state index contributed by atoms with van der Waals surface area (Å²) in [5.74, 6) is 0.0236. The van der Waals surface area contributed by atoms with Crippen LogP contribution in [0, 0.1) is 5.92 Å². The van der Waals surface area contributed by atoms with Crippen molar-refractivity contribution in [1.82, 2.24) is 20.1 Å². The second kappa shape index (κ2) is 7.10. The predicted molar refractivity (Wildman–Crippen MR) is 86.2 cm³/mol. The molecule has 0 aromatic carbocycles. The molecule has 1 N–H and O–H groups in total. The van der Waals surface area contributed by atoms with E-state index >= 15 is 0 Å². The summed E-state index contributed by atoms with van der Waals surface area (Å²) in [5.41, 5.74) is 1.47. The van der Waals surface area contributed by atoms with E-state index in [1.807, 2.05) is 17.8 Å². The van der Waals surface area contributed by atoms with Gasteiger partial charge in [0.2, 0.25) is 0 Å². The van der Waals surface area contributed by atoms with Crippen LogP contribution in [0.1, 0.15) is 35.0 Å². The smallest absolute Gasteiger partial charge is 0.252 e. The van der Waals surface area contributed by atoms with E-state index in [-0.39, 0.29) is 17.9 Å². The molecule has 3 rings (SSSR count).